The van der Waals surface area contributed by atoms with Crippen LogP contribution in [0.15, 0.2) is 10.3 Å². The molecule has 0 aliphatic rings. The Hall–Kier alpha value is 0.210. The van der Waals surface area contributed by atoms with Crippen LogP contribution in [0, 0.1) is 0 Å². The van der Waals surface area contributed by atoms with Gasteiger partial charge in [0, 0.05) is 23.6 Å². The van der Waals surface area contributed by atoms with Crippen LogP contribution in [0.5, 0.6) is 0 Å². The predicted molar refractivity (Wildman–Crippen MR) is 119 cm³/mol. The zero-order valence-corrected chi connectivity index (χ0v) is 19.6. The number of aromatic nitrogens is 3. The summed E-state index contributed by atoms with van der Waals surface area (Å²) in [6.45, 7) is 15.3. The van der Waals surface area contributed by atoms with Crippen LogP contribution in [0.3, 0.4) is 0 Å². The highest BCUT2D eigenvalue weighted by molar-refractivity contribution is 8.77. The smallest absolute Gasteiger partial charge is 0.230 e. The number of nitrogens with zero attached hydrogens (tertiary/aromatic N) is 4. The summed E-state index contributed by atoms with van der Waals surface area (Å²) in [4.78, 5) is 16.5. The third-order valence-electron chi connectivity index (χ3n) is 3.06. The molecule has 0 fully saturated rings. The summed E-state index contributed by atoms with van der Waals surface area (Å²) in [5.41, 5.74) is 0. The first kappa shape index (κ1) is 23.2. The lowest BCUT2D eigenvalue weighted by atomic mass is 10.3. The molecule has 0 radical (unpaired) electrons. The Morgan fingerprint density at radius 3 is 1.56 bits per heavy atom. The van der Waals surface area contributed by atoms with E-state index in [9.17, 15) is 0 Å². The predicted octanol–water partition coefficient (Wildman–Crippen LogP) is 6.58. The van der Waals surface area contributed by atoms with Crippen LogP contribution in [0.2, 0.25) is 0 Å². The monoisotopic (exact) mass is 420 g/mol. The van der Waals surface area contributed by atoms with E-state index >= 15 is 0 Å². The molecule has 0 unspecified atom stereocenters. The van der Waals surface area contributed by atoms with Crippen molar-refractivity contribution in [2.75, 3.05) is 18.0 Å². The molecule has 25 heavy (non-hydrogen) atoms. The highest BCUT2D eigenvalue weighted by Gasteiger charge is 2.15. The van der Waals surface area contributed by atoms with Crippen LogP contribution in [-0.2, 0) is 0 Å². The second-order valence-corrected chi connectivity index (χ2v) is 11.8. The van der Waals surface area contributed by atoms with E-state index in [0.29, 0.717) is 10.5 Å². The molecule has 1 aromatic rings. The minimum atomic E-state index is 0.544. The molecule has 0 atom stereocenters. The van der Waals surface area contributed by atoms with Gasteiger partial charge in [0.2, 0.25) is 16.3 Å². The van der Waals surface area contributed by atoms with E-state index in [4.69, 9.17) is 9.97 Å². The summed E-state index contributed by atoms with van der Waals surface area (Å²) in [7, 11) is 6.93. The fourth-order valence-corrected chi connectivity index (χ4v) is 5.05. The minimum Gasteiger partial charge on any atom is -0.341 e. The molecule has 0 spiro atoms. The standard InChI is InChI=1S/C17H32N4S4/c1-7-9-11-21(12-10-8-2)15-18-16(24-22-13(3)4)20-17(19-15)25-23-14(5)6/h13-14H,7-12H2,1-6H3. The van der Waals surface area contributed by atoms with Crippen molar-refractivity contribution in [2.45, 2.75) is 88.0 Å². The van der Waals surface area contributed by atoms with Crippen molar-refractivity contribution in [1.82, 2.24) is 15.0 Å². The van der Waals surface area contributed by atoms with Gasteiger partial charge in [0.25, 0.3) is 0 Å². The zero-order chi connectivity index (χ0) is 18.7. The Morgan fingerprint density at radius 1 is 0.760 bits per heavy atom. The summed E-state index contributed by atoms with van der Waals surface area (Å²) in [6, 6.07) is 0. The number of rotatable bonds is 13. The maximum Gasteiger partial charge on any atom is 0.230 e. The summed E-state index contributed by atoms with van der Waals surface area (Å²) in [5, 5.41) is 2.74. The molecular weight excluding hydrogens is 388 g/mol. The van der Waals surface area contributed by atoms with Crippen LogP contribution in [0.4, 0.5) is 5.95 Å². The number of anilines is 1. The Balaban J connectivity index is 3.00. The first-order chi connectivity index (χ1) is 12.0. The Kier molecular flexibility index (Phi) is 12.5. The molecule has 0 saturated heterocycles. The summed E-state index contributed by atoms with van der Waals surface area (Å²) >= 11 is 0. The second kappa shape index (κ2) is 13.4. The average molecular weight is 421 g/mol. The van der Waals surface area contributed by atoms with Crippen molar-refractivity contribution >= 4 is 49.1 Å². The fraction of sp³-hybridized carbons (Fsp3) is 0.824. The lowest BCUT2D eigenvalue weighted by molar-refractivity contribution is 0.645. The van der Waals surface area contributed by atoms with Crippen molar-refractivity contribution in [1.29, 1.82) is 0 Å². The maximum atomic E-state index is 4.76. The van der Waals surface area contributed by atoms with Gasteiger partial charge in [-0.2, -0.15) is 15.0 Å². The summed E-state index contributed by atoms with van der Waals surface area (Å²) < 4.78 is 0. The molecule has 0 bridgehead atoms. The molecule has 1 aromatic heterocycles. The van der Waals surface area contributed by atoms with Crippen molar-refractivity contribution in [3.63, 3.8) is 0 Å². The highest BCUT2D eigenvalue weighted by atomic mass is 33.1. The third-order valence-corrected chi connectivity index (χ3v) is 8.47. The van der Waals surface area contributed by atoms with Gasteiger partial charge in [-0.15, -0.1) is 0 Å². The molecule has 144 valence electrons. The van der Waals surface area contributed by atoms with Gasteiger partial charge in [-0.3, -0.25) is 0 Å². The van der Waals surface area contributed by atoms with E-state index < -0.39 is 0 Å². The zero-order valence-electron chi connectivity index (χ0n) is 16.3. The van der Waals surface area contributed by atoms with Gasteiger partial charge >= 0.3 is 0 Å². The quantitative estimate of drug-likeness (QED) is 0.332. The fourth-order valence-electron chi connectivity index (χ4n) is 1.83. The number of hydrogen-bond acceptors (Lipinski definition) is 8. The lowest BCUT2D eigenvalue weighted by Gasteiger charge is -2.23. The SMILES string of the molecule is CCCCN(CCCC)c1nc(SSC(C)C)nc(SSC(C)C)n1. The lowest BCUT2D eigenvalue weighted by Crippen LogP contribution is -2.28. The van der Waals surface area contributed by atoms with E-state index in [2.05, 4.69) is 51.4 Å². The molecule has 0 N–H and O–H groups in total. The topological polar surface area (TPSA) is 41.9 Å². The van der Waals surface area contributed by atoms with Crippen molar-refractivity contribution in [3.8, 4) is 0 Å². The van der Waals surface area contributed by atoms with Crippen LogP contribution in [0.1, 0.15) is 67.2 Å². The van der Waals surface area contributed by atoms with Crippen LogP contribution in [0.25, 0.3) is 0 Å². The van der Waals surface area contributed by atoms with Crippen molar-refractivity contribution in [2.24, 2.45) is 0 Å². The molecule has 0 amide bonds. The van der Waals surface area contributed by atoms with Crippen LogP contribution >= 0.6 is 43.2 Å². The van der Waals surface area contributed by atoms with Gasteiger partial charge in [-0.25, -0.2) is 0 Å². The van der Waals surface area contributed by atoms with E-state index in [-0.39, 0.29) is 0 Å². The van der Waals surface area contributed by atoms with Crippen molar-refractivity contribution in [3.05, 3.63) is 0 Å². The first-order valence-corrected chi connectivity index (χ1v) is 13.6. The van der Waals surface area contributed by atoms with E-state index in [1.807, 2.05) is 0 Å². The first-order valence-electron chi connectivity index (χ1n) is 9.13. The average Bonchev–Trinajstić information content (AvgIpc) is 2.58. The largest absolute Gasteiger partial charge is 0.341 e. The molecular formula is C17H32N4S4. The van der Waals surface area contributed by atoms with Gasteiger partial charge in [0.15, 0.2) is 0 Å². The van der Waals surface area contributed by atoms with Crippen LogP contribution in [-0.4, -0.2) is 38.5 Å². The number of unbranched alkanes of at least 4 members (excludes halogenated alkanes) is 2. The number of hydrogen-bond donors (Lipinski definition) is 0. The van der Waals surface area contributed by atoms with Gasteiger partial charge < -0.3 is 4.90 Å². The van der Waals surface area contributed by atoms with Crippen molar-refractivity contribution < 1.29 is 0 Å². The highest BCUT2D eigenvalue weighted by Crippen LogP contribution is 2.36. The minimum absolute atomic E-state index is 0.544. The summed E-state index contributed by atoms with van der Waals surface area (Å²) in [6.07, 6.45) is 4.70. The molecule has 1 rings (SSSR count). The third kappa shape index (κ3) is 10.2. The Bertz CT molecular complexity index is 447. The molecule has 0 aromatic carbocycles. The maximum absolute atomic E-state index is 4.76. The van der Waals surface area contributed by atoms with E-state index in [1.54, 1.807) is 43.2 Å². The van der Waals surface area contributed by atoms with Gasteiger partial charge in [0.1, 0.15) is 0 Å². The van der Waals surface area contributed by atoms with Gasteiger partial charge in [-0.1, -0.05) is 76.0 Å². The van der Waals surface area contributed by atoms with Crippen LogP contribution < -0.4 is 4.90 Å². The molecule has 0 saturated carbocycles. The van der Waals surface area contributed by atoms with Gasteiger partial charge in [-0.05, 0) is 34.4 Å². The second-order valence-electron chi connectivity index (χ2n) is 6.35. The molecule has 1 heterocycles. The molecule has 4 nitrogen and oxygen atoms in total. The van der Waals surface area contributed by atoms with E-state index in [1.165, 1.54) is 25.7 Å². The molecule has 0 aliphatic heterocycles. The summed E-state index contributed by atoms with van der Waals surface area (Å²) in [5.74, 6) is 0.843. The Labute approximate surface area is 169 Å². The Morgan fingerprint density at radius 2 is 1.20 bits per heavy atom. The molecule has 8 heteroatoms. The normalized spacial score (nSPS) is 11.5. The van der Waals surface area contributed by atoms with E-state index in [0.717, 1.165) is 29.4 Å². The molecule has 0 aliphatic carbocycles. The van der Waals surface area contributed by atoms with Gasteiger partial charge in [0.05, 0.1) is 0 Å².